The third-order valence-corrected chi connectivity index (χ3v) is 2.42. The minimum atomic E-state index is 0.698. The third-order valence-electron chi connectivity index (χ3n) is 2.42. The Morgan fingerprint density at radius 3 is 2.62 bits per heavy atom. The lowest BCUT2D eigenvalue weighted by Gasteiger charge is -2.10. The van der Waals surface area contributed by atoms with Crippen LogP contribution in [0.5, 0.6) is 5.75 Å². The van der Waals surface area contributed by atoms with Crippen LogP contribution in [0, 0.1) is 12.8 Å². The lowest BCUT2D eigenvalue weighted by Crippen LogP contribution is -2.18. The molecule has 0 fully saturated rings. The molecule has 0 amide bonds. The molecule has 0 radical (unpaired) electrons. The second kappa shape index (κ2) is 6.54. The maximum Gasteiger partial charge on any atom is 0.122 e. The highest BCUT2D eigenvalue weighted by Gasteiger charge is 2.00. The highest BCUT2D eigenvalue weighted by atomic mass is 16.5. The molecule has 0 aliphatic rings. The van der Waals surface area contributed by atoms with E-state index in [4.69, 9.17) is 4.74 Å². The fourth-order valence-corrected chi connectivity index (χ4v) is 1.64. The molecule has 1 aromatic carbocycles. The topological polar surface area (TPSA) is 21.3 Å². The minimum absolute atomic E-state index is 0.698. The molecule has 0 spiro atoms. The van der Waals surface area contributed by atoms with Crippen molar-refractivity contribution >= 4 is 0 Å². The van der Waals surface area contributed by atoms with E-state index in [9.17, 15) is 0 Å². The molecule has 0 aliphatic heterocycles. The molecule has 16 heavy (non-hydrogen) atoms. The Kier molecular flexibility index (Phi) is 5.33. The molecule has 0 atom stereocenters. The molecule has 0 aliphatic carbocycles. The Labute approximate surface area is 99.0 Å². The highest BCUT2D eigenvalue weighted by Crippen LogP contribution is 2.18. The van der Waals surface area contributed by atoms with Crippen LogP contribution < -0.4 is 10.1 Å². The summed E-state index contributed by atoms with van der Waals surface area (Å²) in [7, 11) is 0. The van der Waals surface area contributed by atoms with Gasteiger partial charge in [-0.1, -0.05) is 26.0 Å². The first-order valence-corrected chi connectivity index (χ1v) is 6.06. The predicted molar refractivity (Wildman–Crippen MR) is 68.9 cm³/mol. The smallest absolute Gasteiger partial charge is 0.122 e. The summed E-state index contributed by atoms with van der Waals surface area (Å²) in [5.41, 5.74) is 2.53. The molecule has 0 aromatic heterocycles. The quantitative estimate of drug-likeness (QED) is 0.797. The number of rotatable bonds is 6. The first-order valence-electron chi connectivity index (χ1n) is 6.06. The van der Waals surface area contributed by atoms with Gasteiger partial charge in [0.25, 0.3) is 0 Å². The number of benzene rings is 1. The molecule has 0 saturated carbocycles. The maximum absolute atomic E-state index is 5.51. The lowest BCUT2D eigenvalue weighted by molar-refractivity contribution is 0.337. The van der Waals surface area contributed by atoms with E-state index in [0.29, 0.717) is 5.92 Å². The zero-order chi connectivity index (χ0) is 12.0. The van der Waals surface area contributed by atoms with Crippen LogP contribution in [0.15, 0.2) is 18.2 Å². The Bertz CT molecular complexity index is 321. The number of nitrogens with one attached hydrogen (secondary N) is 1. The summed E-state index contributed by atoms with van der Waals surface area (Å²) in [6.07, 6.45) is 0. The van der Waals surface area contributed by atoms with Gasteiger partial charge in [-0.2, -0.15) is 0 Å². The first kappa shape index (κ1) is 13.0. The summed E-state index contributed by atoms with van der Waals surface area (Å²) >= 11 is 0. The third kappa shape index (κ3) is 4.23. The van der Waals surface area contributed by atoms with Crippen molar-refractivity contribution < 1.29 is 4.74 Å². The van der Waals surface area contributed by atoms with Gasteiger partial charge in [-0.05, 0) is 43.5 Å². The van der Waals surface area contributed by atoms with E-state index in [1.54, 1.807) is 0 Å². The van der Waals surface area contributed by atoms with E-state index in [1.807, 2.05) is 6.92 Å². The van der Waals surface area contributed by atoms with E-state index in [2.05, 4.69) is 44.3 Å². The molecule has 0 heterocycles. The second-order valence-corrected chi connectivity index (χ2v) is 4.56. The zero-order valence-corrected chi connectivity index (χ0v) is 10.8. The fraction of sp³-hybridized carbons (Fsp3) is 0.571. The van der Waals surface area contributed by atoms with Gasteiger partial charge in [0, 0.05) is 6.54 Å². The summed E-state index contributed by atoms with van der Waals surface area (Å²) in [6, 6.07) is 6.38. The zero-order valence-electron chi connectivity index (χ0n) is 10.8. The van der Waals surface area contributed by atoms with Crippen molar-refractivity contribution in [3.8, 4) is 5.75 Å². The average Bonchev–Trinajstić information content (AvgIpc) is 2.21. The van der Waals surface area contributed by atoms with Crippen LogP contribution in [0.3, 0.4) is 0 Å². The Hall–Kier alpha value is -1.02. The fourth-order valence-electron chi connectivity index (χ4n) is 1.64. The van der Waals surface area contributed by atoms with Gasteiger partial charge in [0.1, 0.15) is 5.75 Å². The van der Waals surface area contributed by atoms with Crippen LogP contribution in [0.2, 0.25) is 0 Å². The first-order chi connectivity index (χ1) is 7.63. The van der Waals surface area contributed by atoms with Gasteiger partial charge in [0.05, 0.1) is 6.61 Å². The molecule has 2 heteroatoms. The summed E-state index contributed by atoms with van der Waals surface area (Å²) in [4.78, 5) is 0. The Morgan fingerprint density at radius 1 is 1.31 bits per heavy atom. The standard InChI is InChI=1S/C14H23NO/c1-5-16-14-7-6-13(8-12(14)4)10-15-9-11(2)3/h6-8,11,15H,5,9-10H2,1-4H3. The van der Waals surface area contributed by atoms with Crippen molar-refractivity contribution in [1.82, 2.24) is 5.32 Å². The summed E-state index contributed by atoms with van der Waals surface area (Å²) < 4.78 is 5.51. The van der Waals surface area contributed by atoms with Crippen molar-refractivity contribution in [3.05, 3.63) is 29.3 Å². The average molecular weight is 221 g/mol. The molecule has 0 unspecified atom stereocenters. The lowest BCUT2D eigenvalue weighted by atomic mass is 10.1. The van der Waals surface area contributed by atoms with Gasteiger partial charge < -0.3 is 10.1 Å². The largest absolute Gasteiger partial charge is 0.494 e. The summed E-state index contributed by atoms with van der Waals surface area (Å²) in [6.45, 7) is 11.3. The summed E-state index contributed by atoms with van der Waals surface area (Å²) in [5, 5.41) is 3.44. The molecule has 1 N–H and O–H groups in total. The van der Waals surface area contributed by atoms with Gasteiger partial charge in [0.15, 0.2) is 0 Å². The van der Waals surface area contributed by atoms with Crippen LogP contribution in [0.1, 0.15) is 31.9 Å². The molecular weight excluding hydrogens is 198 g/mol. The van der Waals surface area contributed by atoms with Crippen LogP contribution in [-0.2, 0) is 6.54 Å². The summed E-state index contributed by atoms with van der Waals surface area (Å²) in [5.74, 6) is 1.69. The van der Waals surface area contributed by atoms with Gasteiger partial charge in [-0.25, -0.2) is 0 Å². The van der Waals surface area contributed by atoms with E-state index in [-0.39, 0.29) is 0 Å². The Morgan fingerprint density at radius 2 is 2.06 bits per heavy atom. The minimum Gasteiger partial charge on any atom is -0.494 e. The van der Waals surface area contributed by atoms with Crippen LogP contribution in [0.4, 0.5) is 0 Å². The Balaban J connectivity index is 2.52. The normalized spacial score (nSPS) is 10.8. The van der Waals surface area contributed by atoms with Crippen LogP contribution in [-0.4, -0.2) is 13.2 Å². The number of hydrogen-bond acceptors (Lipinski definition) is 2. The van der Waals surface area contributed by atoms with Crippen molar-refractivity contribution in [3.63, 3.8) is 0 Å². The predicted octanol–water partition coefficient (Wildman–Crippen LogP) is 3.14. The van der Waals surface area contributed by atoms with Crippen LogP contribution >= 0.6 is 0 Å². The molecule has 0 bridgehead atoms. The second-order valence-electron chi connectivity index (χ2n) is 4.56. The van der Waals surface area contributed by atoms with Gasteiger partial charge in [-0.3, -0.25) is 0 Å². The van der Waals surface area contributed by atoms with E-state index >= 15 is 0 Å². The van der Waals surface area contributed by atoms with Crippen LogP contribution in [0.25, 0.3) is 0 Å². The maximum atomic E-state index is 5.51. The van der Waals surface area contributed by atoms with Crippen molar-refractivity contribution in [1.29, 1.82) is 0 Å². The molecule has 1 rings (SSSR count). The number of aryl methyl sites for hydroxylation is 1. The molecule has 1 aromatic rings. The number of hydrogen-bond donors (Lipinski definition) is 1. The molecular formula is C14H23NO. The molecule has 90 valence electrons. The van der Waals surface area contributed by atoms with E-state index < -0.39 is 0 Å². The van der Waals surface area contributed by atoms with Crippen molar-refractivity contribution in [2.75, 3.05) is 13.2 Å². The van der Waals surface area contributed by atoms with E-state index in [1.165, 1.54) is 11.1 Å². The van der Waals surface area contributed by atoms with Gasteiger partial charge in [0.2, 0.25) is 0 Å². The van der Waals surface area contributed by atoms with Crippen molar-refractivity contribution in [2.45, 2.75) is 34.2 Å². The number of ether oxygens (including phenoxy) is 1. The van der Waals surface area contributed by atoms with Gasteiger partial charge >= 0.3 is 0 Å². The van der Waals surface area contributed by atoms with Crippen molar-refractivity contribution in [2.24, 2.45) is 5.92 Å². The highest BCUT2D eigenvalue weighted by molar-refractivity contribution is 5.36. The molecule has 0 saturated heterocycles. The SMILES string of the molecule is CCOc1ccc(CNCC(C)C)cc1C. The van der Waals surface area contributed by atoms with Gasteiger partial charge in [-0.15, -0.1) is 0 Å². The monoisotopic (exact) mass is 221 g/mol. The van der Waals surface area contributed by atoms with E-state index in [0.717, 1.165) is 25.4 Å². The molecule has 2 nitrogen and oxygen atoms in total.